The second-order valence-corrected chi connectivity index (χ2v) is 11.0. The van der Waals surface area contributed by atoms with Gasteiger partial charge in [-0.25, -0.2) is 9.59 Å². The van der Waals surface area contributed by atoms with E-state index in [-0.39, 0.29) is 30.1 Å². The van der Waals surface area contributed by atoms with Crippen molar-refractivity contribution in [3.8, 4) is 0 Å². The molecule has 2 aliphatic rings. The third kappa shape index (κ3) is 5.11. The highest BCUT2D eigenvalue weighted by Crippen LogP contribution is 2.46. The molecule has 1 aromatic heterocycles. The van der Waals surface area contributed by atoms with Crippen molar-refractivity contribution < 1.29 is 34.3 Å². The zero-order valence-electron chi connectivity index (χ0n) is 17.9. The molecule has 1 fully saturated rings. The van der Waals surface area contributed by atoms with E-state index in [0.29, 0.717) is 16.2 Å². The standard InChI is InChI=1S/C22H18N2O8S3/c25-12(6-13-2-1-5-33-13)7-16-19(26)23-18(22(29)30)11(10-35-20(16)23)9-34-14-3-4-17(24(31)32)15(8-14)21(27)28/h1-5,8,16,20H,6-7,9-10H2,(H,27,28)(H,29,30). The SMILES string of the molecule is O=C(Cc1cccs1)CC1C(=O)N2C(C(=O)O)=C(CSc3ccc([N+](=O)[O-])c(C(=O)O)c3)CSC12. The van der Waals surface area contributed by atoms with Gasteiger partial charge in [-0.05, 0) is 29.2 Å². The molecule has 10 nitrogen and oxygen atoms in total. The van der Waals surface area contributed by atoms with Gasteiger partial charge in [0.15, 0.2) is 0 Å². The lowest BCUT2D eigenvalue weighted by Gasteiger charge is -2.49. The molecule has 1 saturated heterocycles. The number of carboxylic acid groups (broad SMARTS) is 2. The summed E-state index contributed by atoms with van der Waals surface area (Å²) in [7, 11) is 0. The fraction of sp³-hybridized carbons (Fsp3) is 0.273. The van der Waals surface area contributed by atoms with Crippen LogP contribution in [0.25, 0.3) is 0 Å². The molecule has 2 N–H and O–H groups in total. The minimum atomic E-state index is -1.44. The minimum absolute atomic E-state index is 0.0582. The number of carbonyl (C=O) groups is 4. The van der Waals surface area contributed by atoms with E-state index in [2.05, 4.69) is 0 Å². The van der Waals surface area contributed by atoms with Crippen molar-refractivity contribution in [1.29, 1.82) is 0 Å². The van der Waals surface area contributed by atoms with Crippen LogP contribution in [0.5, 0.6) is 0 Å². The number of aliphatic carboxylic acids is 1. The van der Waals surface area contributed by atoms with Crippen LogP contribution in [-0.2, 0) is 20.8 Å². The Morgan fingerprint density at radius 1 is 1.20 bits per heavy atom. The molecule has 35 heavy (non-hydrogen) atoms. The Labute approximate surface area is 211 Å². The van der Waals surface area contributed by atoms with Gasteiger partial charge < -0.3 is 10.2 Å². The summed E-state index contributed by atoms with van der Waals surface area (Å²) in [5.41, 5.74) is -0.628. The normalized spacial score (nSPS) is 19.2. The molecule has 1 aromatic carbocycles. The Balaban J connectivity index is 1.47. The largest absolute Gasteiger partial charge is 0.477 e. The van der Waals surface area contributed by atoms with E-state index in [9.17, 15) is 39.5 Å². The Hall–Kier alpha value is -3.16. The summed E-state index contributed by atoms with van der Waals surface area (Å²) in [5, 5.41) is 31.6. The lowest BCUT2D eigenvalue weighted by Crippen LogP contribution is -2.62. The highest BCUT2D eigenvalue weighted by molar-refractivity contribution is 8.01. The highest BCUT2D eigenvalue weighted by Gasteiger charge is 2.53. The number of hydrogen-bond donors (Lipinski definition) is 2. The van der Waals surface area contributed by atoms with Gasteiger partial charge in [0.1, 0.15) is 17.0 Å². The van der Waals surface area contributed by atoms with Crippen molar-refractivity contribution >= 4 is 64.2 Å². The summed E-state index contributed by atoms with van der Waals surface area (Å²) in [5.74, 6) is -3.24. The number of carbonyl (C=O) groups excluding carboxylic acids is 2. The third-order valence-electron chi connectivity index (χ3n) is 5.57. The minimum Gasteiger partial charge on any atom is -0.477 e. The number of β-lactam (4-membered cyclic amide) rings is 1. The Morgan fingerprint density at radius 2 is 1.97 bits per heavy atom. The number of thiophene rings is 1. The molecular weight excluding hydrogens is 516 g/mol. The van der Waals surface area contributed by atoms with E-state index in [1.54, 1.807) is 0 Å². The fourth-order valence-electron chi connectivity index (χ4n) is 3.96. The Morgan fingerprint density at radius 3 is 2.60 bits per heavy atom. The van der Waals surface area contributed by atoms with E-state index in [1.807, 2.05) is 17.5 Å². The van der Waals surface area contributed by atoms with Crippen LogP contribution in [0.4, 0.5) is 5.69 Å². The van der Waals surface area contributed by atoms with Crippen LogP contribution in [0.15, 0.2) is 51.9 Å². The van der Waals surface area contributed by atoms with E-state index in [0.717, 1.165) is 22.7 Å². The maximum absolute atomic E-state index is 12.8. The second-order valence-electron chi connectivity index (χ2n) is 7.80. The molecule has 1 amide bonds. The molecule has 2 unspecified atom stereocenters. The van der Waals surface area contributed by atoms with Gasteiger partial charge in [0.25, 0.3) is 5.69 Å². The van der Waals surface area contributed by atoms with Gasteiger partial charge in [0.2, 0.25) is 5.91 Å². The lowest BCUT2D eigenvalue weighted by atomic mass is 9.90. The first-order valence-electron chi connectivity index (χ1n) is 10.3. The van der Waals surface area contributed by atoms with Gasteiger partial charge in [-0.15, -0.1) is 34.9 Å². The Bertz CT molecular complexity index is 1260. The van der Waals surface area contributed by atoms with Crippen LogP contribution in [0.2, 0.25) is 0 Å². The zero-order valence-corrected chi connectivity index (χ0v) is 20.4. The van der Waals surface area contributed by atoms with Crippen LogP contribution >= 0.6 is 34.9 Å². The first-order chi connectivity index (χ1) is 16.7. The molecule has 0 aliphatic carbocycles. The molecule has 2 aromatic rings. The molecule has 3 heterocycles. The van der Waals surface area contributed by atoms with Crippen LogP contribution in [-0.4, -0.2) is 60.5 Å². The van der Waals surface area contributed by atoms with E-state index >= 15 is 0 Å². The number of carboxylic acids is 2. The maximum Gasteiger partial charge on any atom is 0.352 e. The number of rotatable bonds is 10. The summed E-state index contributed by atoms with van der Waals surface area (Å²) in [6.45, 7) is 0. The quantitative estimate of drug-likeness (QED) is 0.200. The average Bonchev–Trinajstić information content (AvgIpc) is 3.32. The Kier molecular flexibility index (Phi) is 7.28. The maximum atomic E-state index is 12.8. The molecule has 0 spiro atoms. The molecule has 0 saturated carbocycles. The van der Waals surface area contributed by atoms with Crippen LogP contribution in [0, 0.1) is 16.0 Å². The number of thioether (sulfide) groups is 2. The molecule has 0 bridgehead atoms. The number of nitro benzene ring substituents is 1. The molecule has 2 atom stereocenters. The third-order valence-corrected chi connectivity index (χ3v) is 8.92. The van der Waals surface area contributed by atoms with Gasteiger partial charge in [0.05, 0.1) is 16.2 Å². The summed E-state index contributed by atoms with van der Waals surface area (Å²) in [4.78, 5) is 61.5. The predicted molar refractivity (Wildman–Crippen MR) is 130 cm³/mol. The molecule has 2 aliphatic heterocycles. The number of Topliss-reactive ketones (excluding diaryl/α,β-unsaturated/α-hetero) is 1. The molecular formula is C22H18N2O8S3. The number of nitrogens with zero attached hydrogens (tertiary/aromatic N) is 2. The van der Waals surface area contributed by atoms with Gasteiger partial charge >= 0.3 is 11.9 Å². The smallest absolute Gasteiger partial charge is 0.352 e. The van der Waals surface area contributed by atoms with Gasteiger partial charge in [0, 0.05) is 40.2 Å². The number of benzene rings is 1. The summed E-state index contributed by atoms with van der Waals surface area (Å²) >= 11 is 3.99. The van der Waals surface area contributed by atoms with E-state index in [1.165, 1.54) is 40.1 Å². The number of nitro groups is 1. The van der Waals surface area contributed by atoms with E-state index < -0.39 is 45.3 Å². The molecule has 182 valence electrons. The van der Waals surface area contributed by atoms with Crippen LogP contribution in [0.1, 0.15) is 21.7 Å². The van der Waals surface area contributed by atoms with E-state index in [4.69, 9.17) is 0 Å². The first kappa shape index (κ1) is 24.9. The first-order valence-corrected chi connectivity index (χ1v) is 13.2. The summed E-state index contributed by atoms with van der Waals surface area (Å²) in [6.07, 6.45) is 0.304. The zero-order chi connectivity index (χ0) is 25.3. The average molecular weight is 535 g/mol. The van der Waals surface area contributed by atoms with Crippen molar-refractivity contribution in [3.05, 3.63) is 67.5 Å². The van der Waals surface area contributed by atoms with Crippen molar-refractivity contribution in [2.45, 2.75) is 23.1 Å². The second kappa shape index (κ2) is 10.2. The fourth-order valence-corrected chi connectivity index (χ4v) is 7.18. The van der Waals surface area contributed by atoms with Gasteiger partial charge in [-0.2, -0.15) is 0 Å². The van der Waals surface area contributed by atoms with Crippen molar-refractivity contribution in [2.24, 2.45) is 5.92 Å². The molecule has 0 radical (unpaired) electrons. The number of aromatic carboxylic acids is 1. The van der Waals surface area contributed by atoms with Crippen LogP contribution in [0.3, 0.4) is 0 Å². The molecule has 13 heteroatoms. The topological polar surface area (TPSA) is 155 Å². The number of amides is 1. The monoisotopic (exact) mass is 534 g/mol. The van der Waals surface area contributed by atoms with Gasteiger partial charge in [-0.1, -0.05) is 6.07 Å². The lowest BCUT2D eigenvalue weighted by molar-refractivity contribution is -0.385. The van der Waals surface area contributed by atoms with Gasteiger partial charge in [-0.3, -0.25) is 24.6 Å². The molecule has 4 rings (SSSR count). The van der Waals surface area contributed by atoms with Crippen molar-refractivity contribution in [1.82, 2.24) is 4.90 Å². The van der Waals surface area contributed by atoms with Crippen molar-refractivity contribution in [2.75, 3.05) is 11.5 Å². The highest BCUT2D eigenvalue weighted by atomic mass is 32.2. The number of ketones is 1. The summed E-state index contributed by atoms with van der Waals surface area (Å²) < 4.78 is 0. The summed E-state index contributed by atoms with van der Waals surface area (Å²) in [6, 6.07) is 7.38. The van der Waals surface area contributed by atoms with Crippen LogP contribution < -0.4 is 0 Å². The van der Waals surface area contributed by atoms with Crippen molar-refractivity contribution in [3.63, 3.8) is 0 Å². The number of hydrogen-bond acceptors (Lipinski definition) is 9. The number of fused-ring (bicyclic) bond motifs is 1. The predicted octanol–water partition coefficient (Wildman–Crippen LogP) is 3.52.